The summed E-state index contributed by atoms with van der Waals surface area (Å²) < 4.78 is 10.9. The molecule has 0 atom stereocenters. The lowest BCUT2D eigenvalue weighted by Crippen LogP contribution is -2.48. The second-order valence-electron chi connectivity index (χ2n) is 7.02. The average molecular weight is 365 g/mol. The van der Waals surface area contributed by atoms with Crippen molar-refractivity contribution in [2.75, 3.05) is 0 Å². The minimum Gasteiger partial charge on any atom is -0.500 e. The Balaban J connectivity index is 2.81. The number of nitrogens with zero attached hydrogens (tertiary/aromatic N) is 2. The maximum absolute atomic E-state index is 12.1. The average Bonchev–Trinajstić information content (AvgIpc) is 2.51. The van der Waals surface area contributed by atoms with E-state index in [4.69, 9.17) is 9.16 Å². The van der Waals surface area contributed by atoms with Crippen molar-refractivity contribution in [3.05, 3.63) is 29.8 Å². The van der Waals surface area contributed by atoms with Gasteiger partial charge in [-0.25, -0.2) is 9.59 Å². The Bertz CT molecular complexity index is 620. The SMILES string of the molecule is Cc1ccccc1OC(=O)/N=N/C(=O)O[Si](C(C)C)(C(C)C)C(C)C. The maximum Gasteiger partial charge on any atom is 0.458 e. The van der Waals surface area contributed by atoms with E-state index in [1.165, 1.54) is 0 Å². The molecular formula is C18H28N2O4Si. The molecule has 0 heterocycles. The smallest absolute Gasteiger partial charge is 0.458 e. The van der Waals surface area contributed by atoms with Crippen LogP contribution in [0.25, 0.3) is 0 Å². The van der Waals surface area contributed by atoms with Crippen molar-refractivity contribution in [2.45, 2.75) is 65.1 Å². The Hall–Kier alpha value is -2.02. The molecule has 0 aromatic heterocycles. The van der Waals surface area contributed by atoms with Crippen LogP contribution in [0.15, 0.2) is 34.5 Å². The molecule has 0 fully saturated rings. The molecule has 0 aliphatic rings. The van der Waals surface area contributed by atoms with Gasteiger partial charge < -0.3 is 9.16 Å². The highest BCUT2D eigenvalue weighted by molar-refractivity contribution is 6.78. The van der Waals surface area contributed by atoms with Crippen molar-refractivity contribution < 1.29 is 18.8 Å². The third-order valence-corrected chi connectivity index (χ3v) is 10.4. The van der Waals surface area contributed by atoms with E-state index in [9.17, 15) is 9.59 Å². The number of carbonyl (C=O) groups excluding carboxylic acids is 2. The summed E-state index contributed by atoms with van der Waals surface area (Å²) in [6.45, 7) is 14.2. The molecule has 138 valence electrons. The molecule has 0 aliphatic heterocycles. The van der Waals surface area contributed by atoms with Gasteiger partial charge in [0.15, 0.2) is 0 Å². The quantitative estimate of drug-likeness (QED) is 0.456. The molecule has 0 saturated heterocycles. The third-order valence-electron chi connectivity index (χ3n) is 4.48. The number of rotatable bonds is 5. The molecule has 0 aliphatic carbocycles. The summed E-state index contributed by atoms with van der Waals surface area (Å²) in [5, 5.41) is 6.74. The Morgan fingerprint density at radius 3 is 1.84 bits per heavy atom. The molecule has 1 rings (SSSR count). The number of carbonyl (C=O) groups is 2. The zero-order valence-electron chi connectivity index (χ0n) is 16.1. The first-order chi connectivity index (χ1) is 11.6. The van der Waals surface area contributed by atoms with Crippen LogP contribution in [-0.4, -0.2) is 20.5 Å². The summed E-state index contributed by atoms with van der Waals surface area (Å²) in [7, 11) is -2.40. The maximum atomic E-state index is 12.1. The van der Waals surface area contributed by atoms with E-state index in [0.29, 0.717) is 5.75 Å². The van der Waals surface area contributed by atoms with Gasteiger partial charge in [-0.3, -0.25) is 0 Å². The highest BCUT2D eigenvalue weighted by Crippen LogP contribution is 2.42. The Labute approximate surface area is 150 Å². The van der Waals surface area contributed by atoms with E-state index in [-0.39, 0.29) is 16.6 Å². The minimum absolute atomic E-state index is 0.227. The first-order valence-corrected chi connectivity index (χ1v) is 10.7. The van der Waals surface area contributed by atoms with Gasteiger partial charge in [-0.2, -0.15) is 0 Å². The number of amides is 2. The molecule has 25 heavy (non-hydrogen) atoms. The van der Waals surface area contributed by atoms with Crippen molar-refractivity contribution in [2.24, 2.45) is 10.2 Å². The fourth-order valence-corrected chi connectivity index (χ4v) is 8.44. The van der Waals surface area contributed by atoms with E-state index >= 15 is 0 Å². The van der Waals surface area contributed by atoms with Crippen LogP contribution in [0, 0.1) is 6.92 Å². The first-order valence-electron chi connectivity index (χ1n) is 8.53. The highest BCUT2D eigenvalue weighted by Gasteiger charge is 2.48. The summed E-state index contributed by atoms with van der Waals surface area (Å²) in [4.78, 5) is 23.9. The lowest BCUT2D eigenvalue weighted by atomic mass is 10.2. The largest absolute Gasteiger partial charge is 0.500 e. The Morgan fingerprint density at radius 1 is 0.880 bits per heavy atom. The highest BCUT2D eigenvalue weighted by atomic mass is 28.4. The lowest BCUT2D eigenvalue weighted by Gasteiger charge is -2.40. The van der Waals surface area contributed by atoms with Crippen LogP contribution in [0.1, 0.15) is 47.1 Å². The van der Waals surface area contributed by atoms with Crippen molar-refractivity contribution in [1.82, 2.24) is 0 Å². The van der Waals surface area contributed by atoms with E-state index in [2.05, 4.69) is 51.8 Å². The topological polar surface area (TPSA) is 77.3 Å². The van der Waals surface area contributed by atoms with Crippen molar-refractivity contribution in [1.29, 1.82) is 0 Å². The molecule has 2 amide bonds. The number of para-hydroxylation sites is 1. The van der Waals surface area contributed by atoms with Gasteiger partial charge in [0.2, 0.25) is 0 Å². The Morgan fingerprint density at radius 2 is 1.36 bits per heavy atom. The second-order valence-corrected chi connectivity index (χ2v) is 12.4. The Kier molecular flexibility index (Phi) is 7.48. The van der Waals surface area contributed by atoms with Gasteiger partial charge in [-0.05, 0) is 35.2 Å². The van der Waals surface area contributed by atoms with Gasteiger partial charge >= 0.3 is 12.2 Å². The first kappa shape index (κ1) is 21.0. The molecule has 0 N–H and O–H groups in total. The second kappa shape index (κ2) is 8.89. The molecule has 0 bridgehead atoms. The summed E-state index contributed by atoms with van der Waals surface area (Å²) in [6, 6.07) is 7.03. The van der Waals surface area contributed by atoms with Crippen molar-refractivity contribution >= 4 is 20.5 Å². The number of aryl methyl sites for hydroxylation is 1. The van der Waals surface area contributed by atoms with Crippen LogP contribution in [0.5, 0.6) is 5.75 Å². The van der Waals surface area contributed by atoms with Crippen LogP contribution >= 0.6 is 0 Å². The van der Waals surface area contributed by atoms with Crippen LogP contribution in [-0.2, 0) is 4.43 Å². The third kappa shape index (κ3) is 5.22. The monoisotopic (exact) mass is 364 g/mol. The molecule has 7 heteroatoms. The minimum atomic E-state index is -2.40. The van der Waals surface area contributed by atoms with E-state index in [1.54, 1.807) is 12.1 Å². The van der Waals surface area contributed by atoms with E-state index < -0.39 is 20.5 Å². The van der Waals surface area contributed by atoms with Crippen LogP contribution in [0.2, 0.25) is 16.6 Å². The van der Waals surface area contributed by atoms with Gasteiger partial charge in [-0.1, -0.05) is 70.0 Å². The van der Waals surface area contributed by atoms with E-state index in [0.717, 1.165) is 5.56 Å². The zero-order valence-corrected chi connectivity index (χ0v) is 17.1. The molecule has 0 radical (unpaired) electrons. The summed E-state index contributed by atoms with van der Waals surface area (Å²) in [5.41, 5.74) is 1.47. The number of ether oxygens (including phenoxy) is 1. The molecular weight excluding hydrogens is 336 g/mol. The van der Waals surface area contributed by atoms with Crippen LogP contribution in [0.3, 0.4) is 0 Å². The molecule has 0 unspecified atom stereocenters. The summed E-state index contributed by atoms with van der Waals surface area (Å²) in [5.74, 6) is 0.384. The normalized spacial score (nSPS) is 12.2. The standard InChI is InChI=1S/C18H28N2O4Si/c1-12(2)25(13(3)4,14(5)6)24-18(22)20-19-17(21)23-16-11-9-8-10-15(16)7/h8-14H,1-7H3/b20-19+. The predicted octanol–water partition coefficient (Wildman–Crippen LogP) is 6.26. The molecule has 0 spiro atoms. The lowest BCUT2D eigenvalue weighted by molar-refractivity contribution is 0.196. The number of benzene rings is 1. The van der Waals surface area contributed by atoms with Crippen LogP contribution < -0.4 is 4.74 Å². The molecule has 6 nitrogen and oxygen atoms in total. The number of hydrogen-bond donors (Lipinski definition) is 0. The molecule has 1 aromatic rings. The fraction of sp³-hybridized carbons (Fsp3) is 0.556. The summed E-state index contributed by atoms with van der Waals surface area (Å²) >= 11 is 0. The van der Waals surface area contributed by atoms with Crippen LogP contribution in [0.4, 0.5) is 9.59 Å². The summed E-state index contributed by atoms with van der Waals surface area (Å²) in [6.07, 6.45) is -1.78. The van der Waals surface area contributed by atoms with Gasteiger partial charge in [0.05, 0.1) is 0 Å². The van der Waals surface area contributed by atoms with Gasteiger partial charge in [-0.15, -0.1) is 0 Å². The molecule has 1 aromatic carbocycles. The van der Waals surface area contributed by atoms with Crippen molar-refractivity contribution in [3.8, 4) is 5.75 Å². The number of hydrogen-bond acceptors (Lipinski definition) is 4. The van der Waals surface area contributed by atoms with Gasteiger partial charge in [0, 0.05) is 0 Å². The van der Waals surface area contributed by atoms with Gasteiger partial charge in [0.1, 0.15) is 5.75 Å². The fourth-order valence-electron chi connectivity index (χ4n) is 3.39. The van der Waals surface area contributed by atoms with E-state index in [1.807, 2.05) is 19.1 Å². The zero-order chi connectivity index (χ0) is 19.2. The van der Waals surface area contributed by atoms with Crippen molar-refractivity contribution in [3.63, 3.8) is 0 Å². The predicted molar refractivity (Wildman–Crippen MR) is 99.6 cm³/mol. The molecule has 0 saturated carbocycles. The number of azo groups is 1. The van der Waals surface area contributed by atoms with Gasteiger partial charge in [0.25, 0.3) is 8.32 Å².